The van der Waals surface area contributed by atoms with Gasteiger partial charge in [0.15, 0.2) is 11.6 Å². The van der Waals surface area contributed by atoms with Gasteiger partial charge in [-0.1, -0.05) is 18.2 Å². The van der Waals surface area contributed by atoms with Crippen LogP contribution in [0.3, 0.4) is 0 Å². The molecule has 12 heteroatoms. The molecule has 5 rings (SSSR count). The molecular formula is C25H27N7O5. The number of Topliss-reactive ketones (excluding diaryl/α,β-unsaturated/α-hetero) is 1. The number of hydrogen-bond donors (Lipinski definition) is 1. The number of fused-ring (bicyclic) bond motifs is 1. The van der Waals surface area contributed by atoms with E-state index in [4.69, 9.17) is 9.47 Å². The monoisotopic (exact) mass is 505 g/mol. The minimum Gasteiger partial charge on any atom is -0.495 e. The highest BCUT2D eigenvalue weighted by Gasteiger charge is 2.40. The van der Waals surface area contributed by atoms with Gasteiger partial charge in [0, 0.05) is 51.0 Å². The Kier molecular flexibility index (Phi) is 6.82. The molecule has 3 aromatic rings. The van der Waals surface area contributed by atoms with Crippen molar-refractivity contribution in [1.29, 1.82) is 0 Å². The third kappa shape index (κ3) is 4.62. The molecule has 1 fully saturated rings. The maximum Gasteiger partial charge on any atom is 0.290 e. The highest BCUT2D eigenvalue weighted by molar-refractivity contribution is 6.38. The van der Waals surface area contributed by atoms with Gasteiger partial charge in [0.2, 0.25) is 5.78 Å². The number of pyridine rings is 1. The van der Waals surface area contributed by atoms with E-state index >= 15 is 0 Å². The Morgan fingerprint density at radius 1 is 1.03 bits per heavy atom. The van der Waals surface area contributed by atoms with Crippen LogP contribution in [0.15, 0.2) is 42.9 Å². The Balaban J connectivity index is 1.31. The van der Waals surface area contributed by atoms with Crippen LogP contribution >= 0.6 is 0 Å². The number of piperazine rings is 1. The fraction of sp³-hybridized carbons (Fsp3) is 0.360. The molecule has 0 bridgehead atoms. The van der Waals surface area contributed by atoms with E-state index in [2.05, 4.69) is 20.4 Å². The van der Waals surface area contributed by atoms with Gasteiger partial charge in [-0.25, -0.2) is 14.6 Å². The molecule has 0 saturated carbocycles. The summed E-state index contributed by atoms with van der Waals surface area (Å²) in [6, 6.07) is 9.02. The summed E-state index contributed by atoms with van der Waals surface area (Å²) in [7, 11) is 3.05. The van der Waals surface area contributed by atoms with Gasteiger partial charge < -0.3 is 24.6 Å². The van der Waals surface area contributed by atoms with E-state index < -0.39 is 17.6 Å². The molecule has 192 valence electrons. The smallest absolute Gasteiger partial charge is 0.290 e. The first-order chi connectivity index (χ1) is 18.0. The molecule has 1 N–H and O–H groups in total. The number of anilines is 1. The largest absolute Gasteiger partial charge is 0.495 e. The number of nitrogens with one attached hydrogen (secondary N) is 1. The number of ketones is 1. The lowest BCUT2D eigenvalue weighted by atomic mass is 9.95. The molecule has 0 aliphatic carbocycles. The Bertz CT molecular complexity index is 1320. The number of methoxy groups -OCH3 is 2. The second kappa shape index (κ2) is 10.3. The third-order valence-electron chi connectivity index (χ3n) is 6.55. The number of aromatic nitrogens is 4. The normalized spacial score (nSPS) is 16.8. The van der Waals surface area contributed by atoms with Crippen LogP contribution in [0.2, 0.25) is 0 Å². The number of nitrogens with zero attached hydrogens (tertiary/aromatic N) is 6. The summed E-state index contributed by atoms with van der Waals surface area (Å²) in [4.78, 5) is 51.2. The molecule has 2 amide bonds. The van der Waals surface area contributed by atoms with E-state index in [-0.39, 0.29) is 32.1 Å². The van der Waals surface area contributed by atoms with Gasteiger partial charge in [0.05, 0.1) is 24.9 Å². The zero-order chi connectivity index (χ0) is 25.9. The maximum absolute atomic E-state index is 13.4. The first-order valence-electron chi connectivity index (χ1n) is 11.9. The van der Waals surface area contributed by atoms with Crippen molar-refractivity contribution < 1.29 is 23.9 Å². The lowest BCUT2D eigenvalue weighted by Crippen LogP contribution is -2.52. The standard InChI is InChI=1S/C25H27N7O5/c1-36-14-19-28-15-32(29-19)23-21-20(18(37-2)13-27-23)17(12-26-21)22(33)25(35)31-10-8-30(9-11-31)24(34)16-6-4-3-5-7-16/h3-7,13,15,17,26H,8-12,14H2,1-2H3. The molecule has 12 nitrogen and oxygen atoms in total. The van der Waals surface area contributed by atoms with Crippen molar-refractivity contribution in [2.45, 2.75) is 12.5 Å². The lowest BCUT2D eigenvalue weighted by molar-refractivity contribution is -0.146. The summed E-state index contributed by atoms with van der Waals surface area (Å²) in [5, 5.41) is 7.58. The maximum atomic E-state index is 13.4. The number of amides is 2. The molecular weight excluding hydrogens is 478 g/mol. The number of ether oxygens (including phenoxy) is 2. The second-order valence-corrected chi connectivity index (χ2v) is 8.73. The van der Waals surface area contributed by atoms with E-state index in [0.29, 0.717) is 47.3 Å². The fourth-order valence-corrected chi connectivity index (χ4v) is 4.66. The summed E-state index contributed by atoms with van der Waals surface area (Å²) in [6.07, 6.45) is 3.03. The number of benzene rings is 1. The van der Waals surface area contributed by atoms with E-state index in [1.807, 2.05) is 18.2 Å². The number of carbonyl (C=O) groups is 3. The molecule has 37 heavy (non-hydrogen) atoms. The van der Waals surface area contributed by atoms with Crippen molar-refractivity contribution in [3.05, 3.63) is 59.8 Å². The van der Waals surface area contributed by atoms with Crippen LogP contribution in [0.5, 0.6) is 5.75 Å². The molecule has 1 unspecified atom stereocenters. The van der Waals surface area contributed by atoms with Gasteiger partial charge in [-0.15, -0.1) is 5.10 Å². The van der Waals surface area contributed by atoms with Gasteiger partial charge in [-0.05, 0) is 12.1 Å². The average Bonchev–Trinajstić information content (AvgIpc) is 3.60. The summed E-state index contributed by atoms with van der Waals surface area (Å²) >= 11 is 0. The van der Waals surface area contributed by atoms with E-state index in [1.54, 1.807) is 24.1 Å². The van der Waals surface area contributed by atoms with Crippen LogP contribution in [-0.2, 0) is 20.9 Å². The van der Waals surface area contributed by atoms with Crippen molar-refractivity contribution in [3.63, 3.8) is 0 Å². The zero-order valence-corrected chi connectivity index (χ0v) is 20.6. The van der Waals surface area contributed by atoms with Crippen LogP contribution in [0.4, 0.5) is 5.69 Å². The molecule has 1 atom stereocenters. The lowest BCUT2D eigenvalue weighted by Gasteiger charge is -2.34. The molecule has 2 aliphatic rings. The SMILES string of the molecule is COCc1ncn(-c2ncc(OC)c3c2NCC3C(=O)C(=O)N2CCN(C(=O)c3ccccc3)CC2)n1. The molecule has 2 aromatic heterocycles. The number of rotatable bonds is 7. The summed E-state index contributed by atoms with van der Waals surface area (Å²) in [5.74, 6) is -0.603. The predicted octanol–water partition coefficient (Wildman–Crippen LogP) is 0.880. The topological polar surface area (TPSA) is 132 Å². The van der Waals surface area contributed by atoms with Crippen molar-refractivity contribution in [2.75, 3.05) is 52.3 Å². The Hall–Kier alpha value is -4.32. The fourth-order valence-electron chi connectivity index (χ4n) is 4.66. The molecule has 2 aliphatic heterocycles. The van der Waals surface area contributed by atoms with Gasteiger partial charge in [-0.3, -0.25) is 14.4 Å². The molecule has 0 spiro atoms. The zero-order valence-electron chi connectivity index (χ0n) is 20.6. The second-order valence-electron chi connectivity index (χ2n) is 8.73. The van der Waals surface area contributed by atoms with Crippen molar-refractivity contribution in [2.24, 2.45) is 0 Å². The Morgan fingerprint density at radius 2 is 1.76 bits per heavy atom. The Morgan fingerprint density at radius 3 is 2.46 bits per heavy atom. The predicted molar refractivity (Wildman–Crippen MR) is 132 cm³/mol. The van der Waals surface area contributed by atoms with Crippen molar-refractivity contribution in [3.8, 4) is 11.6 Å². The number of hydrogen-bond acceptors (Lipinski definition) is 9. The van der Waals surface area contributed by atoms with Gasteiger partial charge in [0.1, 0.15) is 18.7 Å². The molecule has 0 radical (unpaired) electrons. The average molecular weight is 506 g/mol. The highest BCUT2D eigenvalue weighted by Crippen LogP contribution is 2.41. The minimum absolute atomic E-state index is 0.0838. The molecule has 4 heterocycles. The van der Waals surface area contributed by atoms with E-state index in [9.17, 15) is 14.4 Å². The Labute approximate surface area is 213 Å². The number of carbonyl (C=O) groups excluding carboxylic acids is 3. The van der Waals surface area contributed by atoms with Crippen LogP contribution < -0.4 is 10.1 Å². The van der Waals surface area contributed by atoms with Crippen molar-refractivity contribution >= 4 is 23.3 Å². The minimum atomic E-state index is -0.745. The van der Waals surface area contributed by atoms with Gasteiger partial charge in [-0.2, -0.15) is 0 Å². The van der Waals surface area contributed by atoms with Crippen LogP contribution in [0, 0.1) is 0 Å². The van der Waals surface area contributed by atoms with Crippen molar-refractivity contribution in [1.82, 2.24) is 29.5 Å². The quantitative estimate of drug-likeness (QED) is 0.465. The van der Waals surface area contributed by atoms with E-state index in [1.165, 1.54) is 29.2 Å². The highest BCUT2D eigenvalue weighted by atomic mass is 16.5. The van der Waals surface area contributed by atoms with Crippen LogP contribution in [-0.4, -0.2) is 94.1 Å². The summed E-state index contributed by atoms with van der Waals surface area (Å²) in [6.45, 7) is 1.77. The van der Waals surface area contributed by atoms with Gasteiger partial charge >= 0.3 is 0 Å². The van der Waals surface area contributed by atoms with E-state index in [0.717, 1.165) is 0 Å². The molecule has 1 saturated heterocycles. The summed E-state index contributed by atoms with van der Waals surface area (Å²) in [5.41, 5.74) is 1.73. The first kappa shape index (κ1) is 24.4. The van der Waals surface area contributed by atoms with Crippen LogP contribution in [0.25, 0.3) is 5.82 Å². The van der Waals surface area contributed by atoms with Gasteiger partial charge in [0.25, 0.3) is 11.8 Å². The third-order valence-corrected chi connectivity index (χ3v) is 6.55. The first-order valence-corrected chi connectivity index (χ1v) is 11.9. The summed E-state index contributed by atoms with van der Waals surface area (Å²) < 4.78 is 12.1. The molecule has 1 aromatic carbocycles. The van der Waals surface area contributed by atoms with Crippen LogP contribution in [0.1, 0.15) is 27.7 Å².